The second kappa shape index (κ2) is 7.32. The van der Waals surface area contributed by atoms with E-state index in [9.17, 15) is 9.59 Å². The van der Waals surface area contributed by atoms with Gasteiger partial charge >= 0.3 is 0 Å². The maximum atomic E-state index is 12.4. The van der Waals surface area contributed by atoms with Gasteiger partial charge in [0.25, 0.3) is 11.5 Å². The summed E-state index contributed by atoms with van der Waals surface area (Å²) in [5, 5.41) is 7.29. The number of halogens is 1. The number of nitrogens with zero attached hydrogens (tertiary/aromatic N) is 2. The number of benzene rings is 2. The standard InChI is InChI=1S/C19H16ClN3O2/c1-13-6-8-14(9-7-13)12-23-18(24)11-10-17(22-23)19(25)21-16-5-3-2-4-15(16)20/h2-11H,12H2,1H3,(H,21,25). The van der Waals surface area contributed by atoms with Crippen LogP contribution in [0.2, 0.25) is 5.02 Å². The summed E-state index contributed by atoms with van der Waals surface area (Å²) in [6.07, 6.45) is 0. The summed E-state index contributed by atoms with van der Waals surface area (Å²) in [7, 11) is 0. The Morgan fingerprint density at radius 1 is 1.08 bits per heavy atom. The zero-order valence-corrected chi connectivity index (χ0v) is 14.3. The topological polar surface area (TPSA) is 64.0 Å². The minimum absolute atomic E-state index is 0.145. The van der Waals surface area contributed by atoms with Crippen molar-refractivity contribution in [3.8, 4) is 0 Å². The molecule has 0 aliphatic heterocycles. The summed E-state index contributed by atoms with van der Waals surface area (Å²) in [6, 6.07) is 17.5. The van der Waals surface area contributed by atoms with Crippen LogP contribution in [0.15, 0.2) is 65.5 Å². The second-order valence-corrected chi connectivity index (χ2v) is 6.04. The van der Waals surface area contributed by atoms with Crippen molar-refractivity contribution in [1.29, 1.82) is 0 Å². The largest absolute Gasteiger partial charge is 0.319 e. The van der Waals surface area contributed by atoms with Crippen molar-refractivity contribution >= 4 is 23.2 Å². The maximum absolute atomic E-state index is 12.4. The van der Waals surface area contributed by atoms with Gasteiger partial charge in [0.1, 0.15) is 5.69 Å². The normalized spacial score (nSPS) is 10.5. The highest BCUT2D eigenvalue weighted by molar-refractivity contribution is 6.33. The zero-order valence-electron chi connectivity index (χ0n) is 13.6. The molecule has 1 N–H and O–H groups in total. The molecule has 1 aromatic heterocycles. The first-order chi connectivity index (χ1) is 12.0. The van der Waals surface area contributed by atoms with E-state index in [4.69, 9.17) is 11.6 Å². The van der Waals surface area contributed by atoms with E-state index < -0.39 is 5.91 Å². The van der Waals surface area contributed by atoms with E-state index >= 15 is 0 Å². The molecule has 0 aliphatic rings. The monoisotopic (exact) mass is 353 g/mol. The molecule has 0 bridgehead atoms. The molecule has 25 heavy (non-hydrogen) atoms. The summed E-state index contributed by atoms with van der Waals surface area (Å²) >= 11 is 6.04. The van der Waals surface area contributed by atoms with Crippen LogP contribution in [0.4, 0.5) is 5.69 Å². The van der Waals surface area contributed by atoms with Crippen molar-refractivity contribution in [3.05, 3.63) is 92.9 Å². The van der Waals surface area contributed by atoms with Crippen molar-refractivity contribution in [2.24, 2.45) is 0 Å². The lowest BCUT2D eigenvalue weighted by Crippen LogP contribution is -2.26. The Labute approximate surface area is 149 Å². The van der Waals surface area contributed by atoms with Gasteiger partial charge in [-0.1, -0.05) is 53.6 Å². The van der Waals surface area contributed by atoms with Gasteiger partial charge in [-0.15, -0.1) is 0 Å². The molecule has 3 aromatic rings. The van der Waals surface area contributed by atoms with Crippen molar-refractivity contribution in [2.45, 2.75) is 13.5 Å². The summed E-state index contributed by atoms with van der Waals surface area (Å²) in [6.45, 7) is 2.29. The predicted molar refractivity (Wildman–Crippen MR) is 98.2 cm³/mol. The highest BCUT2D eigenvalue weighted by Gasteiger charge is 2.11. The van der Waals surface area contributed by atoms with Gasteiger partial charge in [0.2, 0.25) is 0 Å². The Bertz CT molecular complexity index is 965. The van der Waals surface area contributed by atoms with Crippen molar-refractivity contribution in [3.63, 3.8) is 0 Å². The predicted octanol–water partition coefficient (Wildman–Crippen LogP) is 3.51. The molecule has 3 rings (SSSR count). The summed E-state index contributed by atoms with van der Waals surface area (Å²) < 4.78 is 1.27. The van der Waals surface area contributed by atoms with E-state index in [1.807, 2.05) is 31.2 Å². The Hall–Kier alpha value is -2.92. The number of aryl methyl sites for hydroxylation is 1. The number of aromatic nitrogens is 2. The highest BCUT2D eigenvalue weighted by Crippen LogP contribution is 2.20. The average Bonchev–Trinajstić information content (AvgIpc) is 2.60. The third-order valence-corrected chi connectivity index (χ3v) is 4.00. The first-order valence-corrected chi connectivity index (χ1v) is 8.10. The van der Waals surface area contributed by atoms with Crippen LogP contribution in [0.5, 0.6) is 0 Å². The Balaban J connectivity index is 1.83. The molecule has 126 valence electrons. The van der Waals surface area contributed by atoms with Crippen LogP contribution in [0, 0.1) is 6.92 Å². The number of para-hydroxylation sites is 1. The van der Waals surface area contributed by atoms with Gasteiger partial charge in [0.15, 0.2) is 0 Å². The Morgan fingerprint density at radius 3 is 2.52 bits per heavy atom. The van der Waals surface area contributed by atoms with Gasteiger partial charge < -0.3 is 5.32 Å². The number of hydrogen-bond acceptors (Lipinski definition) is 3. The molecule has 0 unspecified atom stereocenters. The third-order valence-electron chi connectivity index (χ3n) is 3.67. The molecule has 0 spiro atoms. The Morgan fingerprint density at radius 2 is 1.80 bits per heavy atom. The first-order valence-electron chi connectivity index (χ1n) is 7.72. The zero-order chi connectivity index (χ0) is 17.8. The molecule has 0 radical (unpaired) electrons. The number of nitrogens with one attached hydrogen (secondary N) is 1. The lowest BCUT2D eigenvalue weighted by molar-refractivity contribution is 0.102. The van der Waals surface area contributed by atoms with E-state index in [0.717, 1.165) is 11.1 Å². The molecule has 2 aromatic carbocycles. The van der Waals surface area contributed by atoms with E-state index in [1.165, 1.54) is 16.8 Å². The van der Waals surface area contributed by atoms with Crippen LogP contribution in [0.25, 0.3) is 0 Å². The number of carbonyl (C=O) groups excluding carboxylic acids is 1. The molecule has 0 aliphatic carbocycles. The summed E-state index contributed by atoms with van der Waals surface area (Å²) in [5.41, 5.74) is 2.44. The SMILES string of the molecule is Cc1ccc(Cn2nc(C(=O)Nc3ccccc3Cl)ccc2=O)cc1. The van der Waals surface area contributed by atoms with E-state index in [-0.39, 0.29) is 11.3 Å². The molecule has 0 saturated carbocycles. The molecule has 0 atom stereocenters. The lowest BCUT2D eigenvalue weighted by Gasteiger charge is -2.09. The maximum Gasteiger partial charge on any atom is 0.276 e. The molecule has 6 heteroatoms. The van der Waals surface area contributed by atoms with Gasteiger partial charge in [0.05, 0.1) is 17.3 Å². The molecule has 0 fully saturated rings. The van der Waals surface area contributed by atoms with Crippen LogP contribution < -0.4 is 10.9 Å². The molecule has 1 heterocycles. The van der Waals surface area contributed by atoms with Crippen LogP contribution in [0.3, 0.4) is 0 Å². The number of anilines is 1. The van der Waals surface area contributed by atoms with Gasteiger partial charge in [0, 0.05) is 6.07 Å². The number of hydrogen-bond donors (Lipinski definition) is 1. The fourth-order valence-electron chi connectivity index (χ4n) is 2.30. The number of amides is 1. The Kier molecular flexibility index (Phi) is 4.95. The molecular weight excluding hydrogens is 338 g/mol. The van der Waals surface area contributed by atoms with Gasteiger partial charge in [-0.05, 0) is 30.7 Å². The first kappa shape index (κ1) is 16.9. The molecule has 0 saturated heterocycles. The van der Waals surface area contributed by atoms with Crippen molar-refractivity contribution < 1.29 is 4.79 Å². The smallest absolute Gasteiger partial charge is 0.276 e. The van der Waals surface area contributed by atoms with Crippen LogP contribution >= 0.6 is 11.6 Å². The number of carbonyl (C=O) groups is 1. The number of rotatable bonds is 4. The lowest BCUT2D eigenvalue weighted by atomic mass is 10.1. The van der Waals surface area contributed by atoms with E-state index in [2.05, 4.69) is 10.4 Å². The van der Waals surface area contributed by atoms with Crippen LogP contribution in [-0.2, 0) is 6.54 Å². The van der Waals surface area contributed by atoms with Crippen molar-refractivity contribution in [2.75, 3.05) is 5.32 Å². The fraction of sp³-hybridized carbons (Fsp3) is 0.105. The molecular formula is C19H16ClN3O2. The minimum atomic E-state index is -0.425. The van der Waals surface area contributed by atoms with E-state index in [1.54, 1.807) is 24.3 Å². The highest BCUT2D eigenvalue weighted by atomic mass is 35.5. The van der Waals surface area contributed by atoms with Gasteiger partial charge in [-0.25, -0.2) is 4.68 Å². The fourth-order valence-corrected chi connectivity index (χ4v) is 2.48. The quantitative estimate of drug-likeness (QED) is 0.780. The van der Waals surface area contributed by atoms with Crippen molar-refractivity contribution in [1.82, 2.24) is 9.78 Å². The molecule has 1 amide bonds. The minimum Gasteiger partial charge on any atom is -0.319 e. The second-order valence-electron chi connectivity index (χ2n) is 5.63. The van der Waals surface area contributed by atoms with E-state index in [0.29, 0.717) is 17.3 Å². The van der Waals surface area contributed by atoms with Gasteiger partial charge in [-0.2, -0.15) is 5.10 Å². The molecule has 5 nitrogen and oxygen atoms in total. The van der Waals surface area contributed by atoms with Gasteiger partial charge in [-0.3, -0.25) is 9.59 Å². The summed E-state index contributed by atoms with van der Waals surface area (Å²) in [4.78, 5) is 24.4. The van der Waals surface area contributed by atoms with Crippen LogP contribution in [0.1, 0.15) is 21.6 Å². The third kappa shape index (κ3) is 4.14. The average molecular weight is 354 g/mol. The summed E-state index contributed by atoms with van der Waals surface area (Å²) in [5.74, 6) is -0.425. The van der Waals surface area contributed by atoms with Crippen LogP contribution in [-0.4, -0.2) is 15.7 Å².